The van der Waals surface area contributed by atoms with Crippen molar-refractivity contribution in [3.05, 3.63) is 65.2 Å². The Labute approximate surface area is 175 Å². The fourth-order valence-electron chi connectivity index (χ4n) is 3.25. The van der Waals surface area contributed by atoms with Gasteiger partial charge < -0.3 is 15.0 Å². The monoisotopic (exact) mass is 408 g/mol. The molecule has 0 bridgehead atoms. The summed E-state index contributed by atoms with van der Waals surface area (Å²) in [6.45, 7) is 4.15. The average Bonchev–Trinajstić information content (AvgIpc) is 3.13. The molecule has 1 unspecified atom stereocenters. The first-order valence-electron chi connectivity index (χ1n) is 9.83. The highest BCUT2D eigenvalue weighted by Gasteiger charge is 2.22. The minimum Gasteiger partial charge on any atom is -0.449 e. The van der Waals surface area contributed by atoms with Crippen LogP contribution in [0.15, 0.2) is 48.5 Å². The van der Waals surface area contributed by atoms with Crippen LogP contribution >= 0.6 is 0 Å². The number of ketones is 1. The van der Waals surface area contributed by atoms with Gasteiger partial charge in [0.05, 0.1) is 11.3 Å². The van der Waals surface area contributed by atoms with Crippen molar-refractivity contribution >= 4 is 29.3 Å². The molecular formula is C23H24N2O5. The third-order valence-electron chi connectivity index (χ3n) is 4.95. The summed E-state index contributed by atoms with van der Waals surface area (Å²) in [6.07, 6.45) is 0.417. The minimum absolute atomic E-state index is 0.143. The maximum absolute atomic E-state index is 12.4. The van der Waals surface area contributed by atoms with Crippen LogP contribution in [0.1, 0.15) is 53.0 Å². The van der Waals surface area contributed by atoms with E-state index in [0.717, 1.165) is 18.5 Å². The van der Waals surface area contributed by atoms with Crippen LogP contribution in [0, 0.1) is 0 Å². The number of anilines is 1. The Kier molecular flexibility index (Phi) is 6.61. The van der Waals surface area contributed by atoms with Crippen LogP contribution in [0.4, 0.5) is 5.69 Å². The Morgan fingerprint density at radius 3 is 2.43 bits per heavy atom. The van der Waals surface area contributed by atoms with Crippen molar-refractivity contribution in [3.63, 3.8) is 0 Å². The van der Waals surface area contributed by atoms with Crippen LogP contribution < -0.4 is 5.32 Å². The van der Waals surface area contributed by atoms with Gasteiger partial charge in [-0.05, 0) is 50.1 Å². The topological polar surface area (TPSA) is 92.8 Å². The summed E-state index contributed by atoms with van der Waals surface area (Å²) in [6, 6.07) is 13.4. The normalized spacial score (nSPS) is 14.3. The SMILES string of the molecule is CC(=O)c1ccccc1NC(=O)C(C)OC(=O)c1ccc(CN2CCCC2=O)cc1. The number of likely N-dealkylation sites (tertiary alicyclic amines) is 1. The number of amides is 2. The van der Waals surface area contributed by atoms with E-state index in [1.54, 1.807) is 53.4 Å². The van der Waals surface area contributed by atoms with Crippen molar-refractivity contribution in [1.82, 2.24) is 4.90 Å². The standard InChI is InChI=1S/C23H24N2O5/c1-15(26)19-6-3-4-7-20(19)24-22(28)16(2)30-23(29)18-11-9-17(10-12-18)14-25-13-5-8-21(25)27/h3-4,6-7,9-12,16H,5,8,13-14H2,1-2H3,(H,24,28). The third-order valence-corrected chi connectivity index (χ3v) is 4.95. The largest absolute Gasteiger partial charge is 0.449 e. The summed E-state index contributed by atoms with van der Waals surface area (Å²) in [5, 5.41) is 2.63. The molecule has 1 heterocycles. The zero-order chi connectivity index (χ0) is 21.7. The quantitative estimate of drug-likeness (QED) is 0.561. The predicted molar refractivity (Wildman–Crippen MR) is 111 cm³/mol. The van der Waals surface area contributed by atoms with Crippen LogP contribution in [0.5, 0.6) is 0 Å². The zero-order valence-electron chi connectivity index (χ0n) is 17.0. The van der Waals surface area contributed by atoms with Gasteiger partial charge in [-0.2, -0.15) is 0 Å². The van der Waals surface area contributed by atoms with Gasteiger partial charge in [0.15, 0.2) is 11.9 Å². The maximum atomic E-state index is 12.4. The molecule has 1 N–H and O–H groups in total. The number of para-hydroxylation sites is 1. The molecule has 0 aliphatic carbocycles. The molecule has 0 saturated carbocycles. The molecule has 30 heavy (non-hydrogen) atoms. The summed E-state index contributed by atoms with van der Waals surface area (Å²) in [7, 11) is 0. The molecule has 2 amide bonds. The molecule has 1 fully saturated rings. The number of hydrogen-bond donors (Lipinski definition) is 1. The molecule has 2 aromatic rings. The van der Waals surface area contributed by atoms with E-state index >= 15 is 0 Å². The molecule has 0 radical (unpaired) electrons. The lowest BCUT2D eigenvalue weighted by atomic mass is 10.1. The lowest BCUT2D eigenvalue weighted by molar-refractivity contribution is -0.128. The van der Waals surface area contributed by atoms with Crippen LogP contribution in [0.3, 0.4) is 0 Å². The fourth-order valence-corrected chi connectivity index (χ4v) is 3.25. The number of carbonyl (C=O) groups is 4. The Bertz CT molecular complexity index is 968. The first kappa shape index (κ1) is 21.2. The van der Waals surface area contributed by atoms with Crippen LogP contribution in [0.2, 0.25) is 0 Å². The number of nitrogens with zero attached hydrogens (tertiary/aromatic N) is 1. The average molecular weight is 408 g/mol. The second-order valence-corrected chi connectivity index (χ2v) is 7.25. The number of rotatable bonds is 7. The van der Waals surface area contributed by atoms with E-state index in [4.69, 9.17) is 4.74 Å². The highest BCUT2D eigenvalue weighted by atomic mass is 16.5. The van der Waals surface area contributed by atoms with Gasteiger partial charge in [-0.1, -0.05) is 24.3 Å². The molecule has 2 aromatic carbocycles. The zero-order valence-corrected chi connectivity index (χ0v) is 17.0. The minimum atomic E-state index is -1.04. The van der Waals surface area contributed by atoms with Gasteiger partial charge in [-0.15, -0.1) is 0 Å². The predicted octanol–water partition coefficient (Wildman–Crippen LogP) is 3.20. The van der Waals surface area contributed by atoms with Gasteiger partial charge >= 0.3 is 5.97 Å². The van der Waals surface area contributed by atoms with Gasteiger partial charge in [0.25, 0.3) is 5.91 Å². The molecule has 1 aliphatic rings. The molecule has 1 atom stereocenters. The number of Topliss-reactive ketones (excluding diaryl/α,β-unsaturated/α-hetero) is 1. The summed E-state index contributed by atoms with van der Waals surface area (Å²) in [4.78, 5) is 50.0. The second-order valence-electron chi connectivity index (χ2n) is 7.25. The molecule has 7 heteroatoms. The third kappa shape index (κ3) is 5.11. The van der Waals surface area contributed by atoms with Crippen LogP contribution in [0.25, 0.3) is 0 Å². The Balaban J connectivity index is 1.58. The fraction of sp³-hybridized carbons (Fsp3) is 0.304. The summed E-state index contributed by atoms with van der Waals surface area (Å²) in [5.41, 5.74) is 2.00. The Hall–Kier alpha value is -3.48. The highest BCUT2D eigenvalue weighted by molar-refractivity contribution is 6.05. The summed E-state index contributed by atoms with van der Waals surface area (Å²) >= 11 is 0. The number of benzene rings is 2. The molecule has 0 aromatic heterocycles. The number of carbonyl (C=O) groups excluding carboxylic acids is 4. The molecule has 7 nitrogen and oxygen atoms in total. The van der Waals surface area contributed by atoms with Crippen molar-refractivity contribution in [3.8, 4) is 0 Å². The van der Waals surface area contributed by atoms with Crippen molar-refractivity contribution in [2.24, 2.45) is 0 Å². The van der Waals surface area contributed by atoms with E-state index in [2.05, 4.69) is 5.32 Å². The maximum Gasteiger partial charge on any atom is 0.338 e. The lowest BCUT2D eigenvalue weighted by Crippen LogP contribution is -2.30. The first-order chi connectivity index (χ1) is 14.3. The Morgan fingerprint density at radius 1 is 1.10 bits per heavy atom. The van der Waals surface area contributed by atoms with Crippen LogP contribution in [-0.2, 0) is 20.9 Å². The van der Waals surface area contributed by atoms with Gasteiger partial charge in [0.2, 0.25) is 5.91 Å². The van der Waals surface area contributed by atoms with Gasteiger partial charge in [0, 0.05) is 25.1 Å². The van der Waals surface area contributed by atoms with Crippen molar-refractivity contribution in [1.29, 1.82) is 0 Å². The Morgan fingerprint density at radius 2 is 1.80 bits per heavy atom. The van der Waals surface area contributed by atoms with Crippen molar-refractivity contribution in [2.45, 2.75) is 39.3 Å². The number of ether oxygens (including phenoxy) is 1. The van der Waals surface area contributed by atoms with E-state index in [-0.39, 0.29) is 11.7 Å². The van der Waals surface area contributed by atoms with E-state index in [9.17, 15) is 19.2 Å². The molecule has 0 spiro atoms. The van der Waals surface area contributed by atoms with Gasteiger partial charge in [-0.3, -0.25) is 14.4 Å². The van der Waals surface area contributed by atoms with Gasteiger partial charge in [-0.25, -0.2) is 4.79 Å². The number of hydrogen-bond acceptors (Lipinski definition) is 5. The van der Waals surface area contributed by atoms with E-state index in [0.29, 0.717) is 29.8 Å². The van der Waals surface area contributed by atoms with Crippen molar-refractivity contribution in [2.75, 3.05) is 11.9 Å². The van der Waals surface area contributed by atoms with E-state index in [1.165, 1.54) is 13.8 Å². The molecule has 1 aliphatic heterocycles. The van der Waals surface area contributed by atoms with E-state index < -0.39 is 18.0 Å². The molecule has 3 rings (SSSR count). The van der Waals surface area contributed by atoms with Crippen molar-refractivity contribution < 1.29 is 23.9 Å². The van der Waals surface area contributed by atoms with Gasteiger partial charge in [0.1, 0.15) is 0 Å². The van der Waals surface area contributed by atoms with Crippen LogP contribution in [-0.4, -0.2) is 41.1 Å². The summed E-state index contributed by atoms with van der Waals surface area (Å²) in [5.74, 6) is -1.18. The second kappa shape index (κ2) is 9.35. The molecule has 156 valence electrons. The smallest absolute Gasteiger partial charge is 0.338 e. The highest BCUT2D eigenvalue weighted by Crippen LogP contribution is 2.17. The number of nitrogens with one attached hydrogen (secondary N) is 1. The molecule has 1 saturated heterocycles. The van der Waals surface area contributed by atoms with E-state index in [1.807, 2.05) is 0 Å². The molecular weight excluding hydrogens is 384 g/mol. The first-order valence-corrected chi connectivity index (χ1v) is 9.83. The lowest BCUT2D eigenvalue weighted by Gasteiger charge is -2.16. The summed E-state index contributed by atoms with van der Waals surface area (Å²) < 4.78 is 5.26. The number of esters is 1.